The van der Waals surface area contributed by atoms with Crippen LogP contribution in [0.25, 0.3) is 0 Å². The third-order valence-corrected chi connectivity index (χ3v) is 2.50. The van der Waals surface area contributed by atoms with Crippen LogP contribution in [0.2, 0.25) is 0 Å². The van der Waals surface area contributed by atoms with E-state index < -0.39 is 17.8 Å². The Balaban J connectivity index is 3.25. The Labute approximate surface area is 103 Å². The molecule has 0 amide bonds. The molecule has 3 N–H and O–H groups in total. The average Bonchev–Trinajstić information content (AvgIpc) is 2.34. The van der Waals surface area contributed by atoms with E-state index in [2.05, 4.69) is 4.98 Å². The van der Waals surface area contributed by atoms with Crippen LogP contribution in [0.5, 0.6) is 5.88 Å². The van der Waals surface area contributed by atoms with Gasteiger partial charge in [-0.25, -0.2) is 9.37 Å². The summed E-state index contributed by atoms with van der Waals surface area (Å²) in [4.78, 5) is 25.2. The van der Waals surface area contributed by atoms with E-state index in [9.17, 15) is 14.0 Å². The lowest BCUT2D eigenvalue weighted by Crippen LogP contribution is -2.33. The third-order valence-electron chi connectivity index (χ3n) is 2.50. The number of carbonyl (C=O) groups excluding carboxylic acids is 1. The van der Waals surface area contributed by atoms with Crippen LogP contribution >= 0.6 is 0 Å². The number of aldehydes is 1. The van der Waals surface area contributed by atoms with E-state index in [0.29, 0.717) is 6.29 Å². The molecule has 1 heterocycles. The lowest BCUT2D eigenvalue weighted by atomic mass is 10.1. The van der Waals surface area contributed by atoms with Gasteiger partial charge in [-0.1, -0.05) is 0 Å². The highest BCUT2D eigenvalue weighted by Crippen LogP contribution is 2.23. The molecule has 1 rings (SSSR count). The van der Waals surface area contributed by atoms with Crippen molar-refractivity contribution in [3.8, 4) is 5.88 Å². The molecular weight excluding hydrogens is 243 g/mol. The molecule has 98 valence electrons. The number of hydrogen-bond donors (Lipinski definition) is 2. The molecule has 6 nitrogen and oxygen atoms in total. The highest BCUT2D eigenvalue weighted by Gasteiger charge is 2.21. The van der Waals surface area contributed by atoms with Crippen LogP contribution in [-0.2, 0) is 11.2 Å². The van der Waals surface area contributed by atoms with Crippen LogP contribution in [0, 0.1) is 12.7 Å². The largest absolute Gasteiger partial charge is 0.480 e. The molecule has 0 fully saturated rings. The Morgan fingerprint density at radius 1 is 1.67 bits per heavy atom. The van der Waals surface area contributed by atoms with Crippen molar-refractivity contribution in [2.75, 3.05) is 7.11 Å². The Kier molecular flexibility index (Phi) is 4.33. The number of methoxy groups -OCH3 is 1. The molecule has 1 aromatic rings. The van der Waals surface area contributed by atoms with E-state index >= 15 is 0 Å². The fourth-order valence-electron chi connectivity index (χ4n) is 1.45. The minimum absolute atomic E-state index is 0.00245. The molecule has 0 saturated heterocycles. The molecule has 0 saturated carbocycles. The van der Waals surface area contributed by atoms with E-state index in [-0.39, 0.29) is 29.1 Å². The second-order valence-electron chi connectivity index (χ2n) is 3.69. The molecular formula is C11H13FN2O4. The predicted molar refractivity (Wildman–Crippen MR) is 60.2 cm³/mol. The first-order chi connectivity index (χ1) is 8.42. The van der Waals surface area contributed by atoms with Crippen LogP contribution in [0.15, 0.2) is 0 Å². The van der Waals surface area contributed by atoms with E-state index in [4.69, 9.17) is 15.6 Å². The topological polar surface area (TPSA) is 103 Å². The molecule has 0 aliphatic heterocycles. The van der Waals surface area contributed by atoms with Crippen molar-refractivity contribution >= 4 is 12.3 Å². The quantitative estimate of drug-likeness (QED) is 0.735. The van der Waals surface area contributed by atoms with E-state index in [1.807, 2.05) is 0 Å². The minimum Gasteiger partial charge on any atom is -0.480 e. The van der Waals surface area contributed by atoms with Crippen molar-refractivity contribution in [3.63, 3.8) is 0 Å². The molecule has 0 radical (unpaired) electrons. The normalized spacial score (nSPS) is 12.0. The molecule has 0 bridgehead atoms. The molecule has 1 aromatic heterocycles. The number of nitrogens with zero attached hydrogens (tertiary/aromatic N) is 1. The Hall–Kier alpha value is -2.02. The second kappa shape index (κ2) is 5.54. The first kappa shape index (κ1) is 14.0. The molecule has 0 aliphatic carbocycles. The van der Waals surface area contributed by atoms with Gasteiger partial charge >= 0.3 is 5.97 Å². The number of halogens is 1. The van der Waals surface area contributed by atoms with Gasteiger partial charge in [0.15, 0.2) is 6.29 Å². The van der Waals surface area contributed by atoms with Crippen LogP contribution in [0.4, 0.5) is 4.39 Å². The number of aliphatic carboxylic acids is 1. The van der Waals surface area contributed by atoms with Crippen molar-refractivity contribution in [3.05, 3.63) is 22.6 Å². The minimum atomic E-state index is -1.27. The lowest BCUT2D eigenvalue weighted by molar-refractivity contribution is -0.138. The number of rotatable bonds is 5. The molecule has 0 aliphatic rings. The van der Waals surface area contributed by atoms with Gasteiger partial charge in [0.1, 0.15) is 11.9 Å². The number of carboxylic acids is 1. The van der Waals surface area contributed by atoms with Gasteiger partial charge in [0.2, 0.25) is 5.88 Å². The number of carbonyl (C=O) groups is 2. The van der Waals surface area contributed by atoms with Crippen molar-refractivity contribution in [2.24, 2.45) is 5.73 Å². The van der Waals surface area contributed by atoms with Gasteiger partial charge in [0, 0.05) is 12.0 Å². The number of carboxylic acid groups (broad SMARTS) is 1. The number of ether oxygens (including phenoxy) is 1. The third kappa shape index (κ3) is 2.62. The Morgan fingerprint density at radius 2 is 2.28 bits per heavy atom. The smallest absolute Gasteiger partial charge is 0.320 e. The summed E-state index contributed by atoms with van der Waals surface area (Å²) in [6.07, 6.45) is 0.155. The van der Waals surface area contributed by atoms with E-state index in [0.717, 1.165) is 0 Å². The molecule has 1 atom stereocenters. The summed E-state index contributed by atoms with van der Waals surface area (Å²) in [7, 11) is 1.29. The van der Waals surface area contributed by atoms with Crippen molar-refractivity contribution in [1.29, 1.82) is 0 Å². The zero-order valence-corrected chi connectivity index (χ0v) is 9.94. The highest BCUT2D eigenvalue weighted by molar-refractivity contribution is 5.80. The predicted octanol–water partition coefficient (Wildman–Crippen LogP) is 0.305. The van der Waals surface area contributed by atoms with Gasteiger partial charge in [-0.3, -0.25) is 9.59 Å². The fourth-order valence-corrected chi connectivity index (χ4v) is 1.45. The summed E-state index contributed by atoms with van der Waals surface area (Å²) in [6.45, 7) is 1.39. The second-order valence-corrected chi connectivity index (χ2v) is 3.69. The number of pyridine rings is 1. The average molecular weight is 256 g/mol. The monoisotopic (exact) mass is 256 g/mol. The van der Waals surface area contributed by atoms with Gasteiger partial charge in [0.25, 0.3) is 0 Å². The molecule has 18 heavy (non-hydrogen) atoms. The number of hydrogen-bond acceptors (Lipinski definition) is 5. The van der Waals surface area contributed by atoms with Crippen molar-refractivity contribution in [1.82, 2.24) is 4.98 Å². The summed E-state index contributed by atoms with van der Waals surface area (Å²) in [5.41, 5.74) is 5.24. The number of aromatic nitrogens is 1. The maximum Gasteiger partial charge on any atom is 0.320 e. The Bertz CT molecular complexity index is 490. The lowest BCUT2D eigenvalue weighted by Gasteiger charge is -2.12. The van der Waals surface area contributed by atoms with Gasteiger partial charge in [-0.05, 0) is 6.92 Å². The molecule has 0 spiro atoms. The van der Waals surface area contributed by atoms with E-state index in [1.54, 1.807) is 0 Å². The maximum absolute atomic E-state index is 13.9. The first-order valence-corrected chi connectivity index (χ1v) is 5.08. The van der Waals surface area contributed by atoms with Crippen LogP contribution < -0.4 is 10.5 Å². The van der Waals surface area contributed by atoms with Gasteiger partial charge in [-0.2, -0.15) is 0 Å². The van der Waals surface area contributed by atoms with Gasteiger partial charge < -0.3 is 15.6 Å². The summed E-state index contributed by atoms with van der Waals surface area (Å²) in [6, 6.07) is -1.27. The van der Waals surface area contributed by atoms with Gasteiger partial charge in [0.05, 0.1) is 18.4 Å². The maximum atomic E-state index is 13.9. The molecule has 0 aromatic carbocycles. The Morgan fingerprint density at radius 3 is 2.72 bits per heavy atom. The van der Waals surface area contributed by atoms with Crippen LogP contribution in [0.3, 0.4) is 0 Å². The van der Waals surface area contributed by atoms with Crippen molar-refractivity contribution < 1.29 is 23.8 Å². The van der Waals surface area contributed by atoms with Crippen LogP contribution in [0.1, 0.15) is 21.6 Å². The summed E-state index contributed by atoms with van der Waals surface area (Å²) in [5, 5.41) is 8.67. The molecule has 7 heteroatoms. The molecule has 1 unspecified atom stereocenters. The van der Waals surface area contributed by atoms with Crippen LogP contribution in [-0.4, -0.2) is 35.5 Å². The van der Waals surface area contributed by atoms with E-state index in [1.165, 1.54) is 14.0 Å². The van der Waals surface area contributed by atoms with Crippen molar-refractivity contribution in [2.45, 2.75) is 19.4 Å². The highest BCUT2D eigenvalue weighted by atomic mass is 19.1. The standard InChI is InChI=1S/C11H13FN2O4/c1-5-6(4-15)10(18-2)14-8(9(5)12)3-7(13)11(16)17/h4,7H,3,13H2,1-2H3,(H,16,17). The van der Waals surface area contributed by atoms with Gasteiger partial charge in [-0.15, -0.1) is 0 Å². The summed E-state index contributed by atoms with van der Waals surface area (Å²) in [5.74, 6) is -2.04. The number of nitrogens with two attached hydrogens (primary N) is 1. The zero-order valence-electron chi connectivity index (χ0n) is 9.94. The fraction of sp³-hybridized carbons (Fsp3) is 0.364. The summed E-state index contributed by atoms with van der Waals surface area (Å²) >= 11 is 0. The zero-order chi connectivity index (χ0) is 13.9. The SMILES string of the molecule is COc1nc(CC(N)C(=O)O)c(F)c(C)c1C=O. The summed E-state index contributed by atoms with van der Waals surface area (Å²) < 4.78 is 18.7. The first-order valence-electron chi connectivity index (χ1n) is 5.08.